The molecular formula is C20H22N4O5. The van der Waals surface area contributed by atoms with Gasteiger partial charge in [-0.15, -0.1) is 0 Å². The lowest BCUT2D eigenvalue weighted by Gasteiger charge is -2.28. The van der Waals surface area contributed by atoms with Crippen molar-refractivity contribution in [1.29, 1.82) is 0 Å². The molecule has 152 valence electrons. The largest absolute Gasteiger partial charge is 0.450 e. The number of ether oxygens (including phenoxy) is 1. The highest BCUT2D eigenvalue weighted by molar-refractivity contribution is 6.26. The van der Waals surface area contributed by atoms with Gasteiger partial charge < -0.3 is 15.0 Å². The first-order chi connectivity index (χ1) is 13.8. The van der Waals surface area contributed by atoms with Gasteiger partial charge >= 0.3 is 12.1 Å². The van der Waals surface area contributed by atoms with Gasteiger partial charge in [-0.3, -0.25) is 14.5 Å². The first-order valence-corrected chi connectivity index (χ1v) is 9.14. The van der Waals surface area contributed by atoms with Crippen LogP contribution in [0.1, 0.15) is 27.6 Å². The summed E-state index contributed by atoms with van der Waals surface area (Å²) in [6.45, 7) is 2.54. The fourth-order valence-electron chi connectivity index (χ4n) is 3.16. The highest BCUT2D eigenvalue weighted by atomic mass is 16.5. The molecule has 0 aromatic heterocycles. The van der Waals surface area contributed by atoms with Crippen molar-refractivity contribution in [3.05, 3.63) is 41.5 Å². The van der Waals surface area contributed by atoms with Crippen LogP contribution in [0.25, 0.3) is 10.8 Å². The van der Waals surface area contributed by atoms with Crippen LogP contribution >= 0.6 is 0 Å². The van der Waals surface area contributed by atoms with Crippen molar-refractivity contribution in [2.75, 3.05) is 39.1 Å². The fraction of sp³-hybridized carbons (Fsp3) is 0.300. The summed E-state index contributed by atoms with van der Waals surface area (Å²) in [5, 5.41) is 5.75. The zero-order valence-electron chi connectivity index (χ0n) is 16.4. The van der Waals surface area contributed by atoms with E-state index in [1.807, 2.05) is 24.3 Å². The van der Waals surface area contributed by atoms with E-state index in [2.05, 4.69) is 10.1 Å². The average molecular weight is 398 g/mol. The van der Waals surface area contributed by atoms with Crippen molar-refractivity contribution in [3.63, 3.8) is 0 Å². The molecule has 0 saturated heterocycles. The second-order valence-corrected chi connectivity index (χ2v) is 6.79. The van der Waals surface area contributed by atoms with Crippen molar-refractivity contribution < 1.29 is 23.9 Å². The summed E-state index contributed by atoms with van der Waals surface area (Å²) in [7, 11) is 3.72. The van der Waals surface area contributed by atoms with Crippen molar-refractivity contribution >= 4 is 40.4 Å². The predicted octanol–water partition coefficient (Wildman–Crippen LogP) is 2.28. The molecule has 1 aliphatic heterocycles. The van der Waals surface area contributed by atoms with Crippen LogP contribution in [-0.4, -0.2) is 67.5 Å². The summed E-state index contributed by atoms with van der Waals surface area (Å²) in [5.74, 6) is -0.759. The molecule has 1 heterocycles. The monoisotopic (exact) mass is 398 g/mol. The van der Waals surface area contributed by atoms with Gasteiger partial charge in [0.15, 0.2) is 0 Å². The SMILES string of the molecule is CCOC(=O)NC(=O)Nc1cc2c3c(cccc3c1)C(=O)N(CCN(C)C)C2=O. The summed E-state index contributed by atoms with van der Waals surface area (Å²) in [6.07, 6.45) is -0.869. The number of imide groups is 2. The molecule has 0 atom stereocenters. The van der Waals surface area contributed by atoms with E-state index < -0.39 is 18.0 Å². The second-order valence-electron chi connectivity index (χ2n) is 6.79. The molecule has 0 radical (unpaired) electrons. The van der Waals surface area contributed by atoms with Crippen LogP contribution < -0.4 is 10.6 Å². The number of carbonyl (C=O) groups is 4. The van der Waals surface area contributed by atoms with Gasteiger partial charge in [-0.2, -0.15) is 0 Å². The lowest BCUT2D eigenvalue weighted by Crippen LogP contribution is -2.43. The maximum absolute atomic E-state index is 13.0. The Kier molecular flexibility index (Phi) is 5.79. The summed E-state index contributed by atoms with van der Waals surface area (Å²) in [6, 6.07) is 7.53. The van der Waals surface area contributed by atoms with E-state index in [-0.39, 0.29) is 19.1 Å². The zero-order valence-corrected chi connectivity index (χ0v) is 16.4. The minimum Gasteiger partial charge on any atom is -0.450 e. The molecule has 2 aromatic rings. The van der Waals surface area contributed by atoms with E-state index in [1.54, 1.807) is 31.2 Å². The summed E-state index contributed by atoms with van der Waals surface area (Å²) < 4.78 is 4.67. The molecule has 0 saturated carbocycles. The molecule has 0 aliphatic carbocycles. The first-order valence-electron chi connectivity index (χ1n) is 9.14. The minimum absolute atomic E-state index is 0.132. The Morgan fingerprint density at radius 1 is 1.10 bits per heavy atom. The molecule has 0 spiro atoms. The summed E-state index contributed by atoms with van der Waals surface area (Å²) >= 11 is 0. The topological polar surface area (TPSA) is 108 Å². The molecule has 9 nitrogen and oxygen atoms in total. The molecule has 0 unspecified atom stereocenters. The van der Waals surface area contributed by atoms with Crippen LogP contribution in [0.15, 0.2) is 30.3 Å². The van der Waals surface area contributed by atoms with Crippen LogP contribution in [0.5, 0.6) is 0 Å². The van der Waals surface area contributed by atoms with Gasteiger partial charge in [0.2, 0.25) is 0 Å². The third kappa shape index (κ3) is 4.19. The van der Waals surface area contributed by atoms with Crippen LogP contribution in [0, 0.1) is 0 Å². The normalized spacial score (nSPS) is 13.0. The lowest BCUT2D eigenvalue weighted by molar-refractivity contribution is 0.0601. The highest BCUT2D eigenvalue weighted by Gasteiger charge is 2.33. The van der Waals surface area contributed by atoms with E-state index in [0.29, 0.717) is 34.1 Å². The number of hydrogen-bond acceptors (Lipinski definition) is 6. The molecule has 3 rings (SSSR count). The van der Waals surface area contributed by atoms with Crippen molar-refractivity contribution in [2.24, 2.45) is 0 Å². The number of anilines is 1. The van der Waals surface area contributed by atoms with Gasteiger partial charge in [-0.05, 0) is 44.6 Å². The summed E-state index contributed by atoms with van der Waals surface area (Å²) in [5.41, 5.74) is 1.09. The molecule has 5 amide bonds. The highest BCUT2D eigenvalue weighted by Crippen LogP contribution is 2.32. The van der Waals surface area contributed by atoms with E-state index in [0.717, 1.165) is 0 Å². The Hall–Kier alpha value is -3.46. The quantitative estimate of drug-likeness (QED) is 0.748. The molecule has 2 N–H and O–H groups in total. The third-order valence-corrected chi connectivity index (χ3v) is 4.45. The number of alkyl carbamates (subject to hydrolysis) is 1. The number of nitrogens with zero attached hydrogens (tertiary/aromatic N) is 2. The van der Waals surface area contributed by atoms with Crippen molar-refractivity contribution in [2.45, 2.75) is 6.92 Å². The first kappa shape index (κ1) is 20.3. The molecule has 1 aliphatic rings. The molecule has 0 bridgehead atoms. The van der Waals surface area contributed by atoms with Gasteiger partial charge in [0.25, 0.3) is 11.8 Å². The molecule has 0 fully saturated rings. The Balaban J connectivity index is 1.95. The van der Waals surface area contributed by atoms with Crippen LogP contribution in [-0.2, 0) is 4.74 Å². The Bertz CT molecular complexity index is 1000. The zero-order chi connectivity index (χ0) is 21.1. The minimum atomic E-state index is -0.869. The van der Waals surface area contributed by atoms with Crippen LogP contribution in [0.2, 0.25) is 0 Å². The van der Waals surface area contributed by atoms with Crippen LogP contribution in [0.3, 0.4) is 0 Å². The van der Waals surface area contributed by atoms with Crippen molar-refractivity contribution in [3.8, 4) is 0 Å². The van der Waals surface area contributed by atoms with E-state index in [4.69, 9.17) is 0 Å². The van der Waals surface area contributed by atoms with E-state index in [9.17, 15) is 19.2 Å². The summed E-state index contributed by atoms with van der Waals surface area (Å²) in [4.78, 5) is 52.3. The Morgan fingerprint density at radius 2 is 1.83 bits per heavy atom. The van der Waals surface area contributed by atoms with Gasteiger partial charge in [0.1, 0.15) is 0 Å². The van der Waals surface area contributed by atoms with E-state index >= 15 is 0 Å². The van der Waals surface area contributed by atoms with Crippen molar-refractivity contribution in [1.82, 2.24) is 15.1 Å². The van der Waals surface area contributed by atoms with Gasteiger partial charge in [-0.25, -0.2) is 14.9 Å². The maximum atomic E-state index is 13.0. The number of nitrogens with one attached hydrogen (secondary N) is 2. The second kappa shape index (κ2) is 8.27. The molecule has 29 heavy (non-hydrogen) atoms. The number of benzene rings is 2. The predicted molar refractivity (Wildman–Crippen MR) is 107 cm³/mol. The Morgan fingerprint density at radius 3 is 2.52 bits per heavy atom. The smallest absolute Gasteiger partial charge is 0.415 e. The number of carbonyl (C=O) groups excluding carboxylic acids is 4. The molecule has 9 heteroatoms. The van der Waals surface area contributed by atoms with Gasteiger partial charge in [-0.1, -0.05) is 12.1 Å². The number of urea groups is 1. The molecule has 2 aromatic carbocycles. The third-order valence-electron chi connectivity index (χ3n) is 4.45. The van der Waals surface area contributed by atoms with E-state index in [1.165, 1.54) is 11.0 Å². The lowest BCUT2D eigenvalue weighted by atomic mass is 9.93. The number of hydrogen-bond donors (Lipinski definition) is 2. The van der Waals surface area contributed by atoms with Gasteiger partial charge in [0, 0.05) is 29.7 Å². The maximum Gasteiger partial charge on any atom is 0.415 e. The van der Waals surface area contributed by atoms with Crippen LogP contribution in [0.4, 0.5) is 15.3 Å². The van der Waals surface area contributed by atoms with Gasteiger partial charge in [0.05, 0.1) is 12.2 Å². The Labute approximate surface area is 167 Å². The number of amides is 5. The average Bonchev–Trinajstić information content (AvgIpc) is 2.65. The number of likely N-dealkylation sites (N-methyl/N-ethyl adjacent to an activating group) is 1. The number of rotatable bonds is 5. The standard InChI is InChI=1S/C20H22N4O5/c1-4-29-20(28)22-19(27)21-13-10-12-6-5-7-14-16(12)15(11-13)18(26)24(17(14)25)9-8-23(2)3/h5-7,10-11H,4,8-9H2,1-3H3,(H2,21,22,27,28). The fourth-order valence-corrected chi connectivity index (χ4v) is 3.16. The molecular weight excluding hydrogens is 376 g/mol.